The van der Waals surface area contributed by atoms with Crippen LogP contribution in [0.1, 0.15) is 52.5 Å². The second-order valence-corrected chi connectivity index (χ2v) is 7.45. The van der Waals surface area contributed by atoms with Gasteiger partial charge in [0.15, 0.2) is 5.69 Å². The smallest absolute Gasteiger partial charge is 0.272 e. The van der Waals surface area contributed by atoms with E-state index in [0.717, 1.165) is 34.2 Å². The molecule has 7 nitrogen and oxygen atoms in total. The Morgan fingerprint density at radius 2 is 2.18 bits per heavy atom. The van der Waals surface area contributed by atoms with E-state index in [1.54, 1.807) is 0 Å². The summed E-state index contributed by atoms with van der Waals surface area (Å²) in [5.41, 5.74) is 2.47. The van der Waals surface area contributed by atoms with Crippen molar-refractivity contribution in [3.05, 3.63) is 27.0 Å². The normalized spacial score (nSPS) is 14.7. The van der Waals surface area contributed by atoms with Gasteiger partial charge in [-0.05, 0) is 0 Å². The number of aromatic amines is 1. The van der Waals surface area contributed by atoms with Crippen molar-refractivity contribution in [2.45, 2.75) is 45.7 Å². The van der Waals surface area contributed by atoms with Crippen LogP contribution in [0.2, 0.25) is 0 Å². The molecular weight excluding hydrogens is 300 g/mol. The predicted octanol–water partition coefficient (Wildman–Crippen LogP) is 1.13. The third-order valence-corrected chi connectivity index (χ3v) is 4.88. The fraction of sp³-hybridized carbons (Fsp3) is 0.571. The van der Waals surface area contributed by atoms with E-state index in [1.807, 2.05) is 0 Å². The first-order chi connectivity index (χ1) is 10.4. The van der Waals surface area contributed by atoms with Gasteiger partial charge in [-0.2, -0.15) is 5.10 Å². The molecule has 0 spiro atoms. The molecule has 118 valence electrons. The summed E-state index contributed by atoms with van der Waals surface area (Å²) < 4.78 is 0. The van der Waals surface area contributed by atoms with E-state index in [1.165, 1.54) is 11.3 Å². The van der Waals surface area contributed by atoms with Crippen LogP contribution >= 0.6 is 11.3 Å². The SMILES string of the molecule is CC(C)(C)c1nnc(CNC(=O)c2n[nH]c3c2CNCC3)s1. The number of amides is 1. The molecule has 0 fully saturated rings. The molecule has 1 aliphatic rings. The molecule has 0 aliphatic carbocycles. The molecule has 3 heterocycles. The van der Waals surface area contributed by atoms with Gasteiger partial charge in [-0.3, -0.25) is 9.89 Å². The highest BCUT2D eigenvalue weighted by Crippen LogP contribution is 2.25. The average Bonchev–Trinajstić information content (AvgIpc) is 3.11. The maximum absolute atomic E-state index is 12.3. The molecule has 0 saturated heterocycles. The predicted molar refractivity (Wildman–Crippen MR) is 83.8 cm³/mol. The molecule has 0 saturated carbocycles. The Bertz CT molecular complexity index is 684. The molecule has 0 bridgehead atoms. The lowest BCUT2D eigenvalue weighted by Crippen LogP contribution is -2.28. The Labute approximate surface area is 132 Å². The van der Waals surface area contributed by atoms with Gasteiger partial charge in [-0.15, -0.1) is 10.2 Å². The van der Waals surface area contributed by atoms with Crippen LogP contribution in [0.4, 0.5) is 0 Å². The summed E-state index contributed by atoms with van der Waals surface area (Å²) in [5.74, 6) is -0.172. The van der Waals surface area contributed by atoms with Crippen molar-refractivity contribution < 1.29 is 4.79 Å². The minimum absolute atomic E-state index is 0.0210. The zero-order valence-electron chi connectivity index (χ0n) is 13.0. The third-order valence-electron chi connectivity index (χ3n) is 3.53. The minimum Gasteiger partial charge on any atom is -0.344 e. The molecule has 0 unspecified atom stereocenters. The Morgan fingerprint density at radius 3 is 2.91 bits per heavy atom. The van der Waals surface area contributed by atoms with Crippen LogP contribution in [0.15, 0.2) is 0 Å². The van der Waals surface area contributed by atoms with Crippen LogP contribution in [0.25, 0.3) is 0 Å². The molecule has 0 radical (unpaired) electrons. The van der Waals surface area contributed by atoms with Crippen molar-refractivity contribution in [1.29, 1.82) is 0 Å². The summed E-state index contributed by atoms with van der Waals surface area (Å²) in [6.07, 6.45) is 0.876. The van der Waals surface area contributed by atoms with Crippen LogP contribution in [-0.4, -0.2) is 32.8 Å². The summed E-state index contributed by atoms with van der Waals surface area (Å²) in [6, 6.07) is 0. The second-order valence-electron chi connectivity index (χ2n) is 6.39. The first-order valence-corrected chi connectivity index (χ1v) is 8.14. The van der Waals surface area contributed by atoms with E-state index in [9.17, 15) is 4.79 Å². The number of carbonyl (C=O) groups excluding carboxylic acids is 1. The maximum atomic E-state index is 12.3. The molecule has 22 heavy (non-hydrogen) atoms. The summed E-state index contributed by atoms with van der Waals surface area (Å²) in [7, 11) is 0. The number of fused-ring (bicyclic) bond motifs is 1. The standard InChI is InChI=1S/C14H20N6OS/c1-14(2,3)13-20-18-10(22-13)7-16-12(21)11-8-6-15-5-4-9(8)17-19-11/h15H,4-7H2,1-3H3,(H,16,21)(H,17,19). The lowest BCUT2D eigenvalue weighted by Gasteiger charge is -2.12. The van der Waals surface area contributed by atoms with Crippen LogP contribution < -0.4 is 10.6 Å². The zero-order valence-corrected chi connectivity index (χ0v) is 13.8. The van der Waals surface area contributed by atoms with Crippen molar-refractivity contribution in [3.8, 4) is 0 Å². The van der Waals surface area contributed by atoms with E-state index in [-0.39, 0.29) is 11.3 Å². The number of aromatic nitrogens is 4. The fourth-order valence-electron chi connectivity index (χ4n) is 2.28. The number of hydrogen-bond donors (Lipinski definition) is 3. The molecule has 1 aliphatic heterocycles. The van der Waals surface area contributed by atoms with E-state index >= 15 is 0 Å². The van der Waals surface area contributed by atoms with Crippen LogP contribution in [0, 0.1) is 0 Å². The van der Waals surface area contributed by atoms with Crippen molar-refractivity contribution in [2.75, 3.05) is 6.54 Å². The lowest BCUT2D eigenvalue weighted by molar-refractivity contribution is 0.0944. The van der Waals surface area contributed by atoms with Crippen LogP contribution in [0.3, 0.4) is 0 Å². The number of hydrogen-bond acceptors (Lipinski definition) is 6. The number of nitrogens with one attached hydrogen (secondary N) is 3. The highest BCUT2D eigenvalue weighted by Gasteiger charge is 2.22. The second kappa shape index (κ2) is 5.77. The number of nitrogens with zero attached hydrogens (tertiary/aromatic N) is 3. The Balaban J connectivity index is 1.65. The van der Waals surface area contributed by atoms with Crippen molar-refractivity contribution in [1.82, 2.24) is 31.0 Å². The lowest BCUT2D eigenvalue weighted by atomic mass is 9.98. The van der Waals surface area contributed by atoms with Gasteiger partial charge in [0.1, 0.15) is 10.0 Å². The van der Waals surface area contributed by atoms with Crippen molar-refractivity contribution >= 4 is 17.2 Å². The highest BCUT2D eigenvalue weighted by atomic mass is 32.1. The van der Waals surface area contributed by atoms with E-state index in [4.69, 9.17) is 0 Å². The summed E-state index contributed by atoms with van der Waals surface area (Å²) in [6.45, 7) is 8.26. The van der Waals surface area contributed by atoms with Gasteiger partial charge in [0.05, 0.1) is 6.54 Å². The molecule has 3 N–H and O–H groups in total. The van der Waals surface area contributed by atoms with Gasteiger partial charge in [0.25, 0.3) is 5.91 Å². The summed E-state index contributed by atoms with van der Waals surface area (Å²) in [5, 5.41) is 23.3. The zero-order chi connectivity index (χ0) is 15.7. The van der Waals surface area contributed by atoms with Gasteiger partial charge in [-0.25, -0.2) is 0 Å². The first kappa shape index (κ1) is 15.1. The summed E-state index contributed by atoms with van der Waals surface area (Å²) >= 11 is 1.53. The highest BCUT2D eigenvalue weighted by molar-refractivity contribution is 7.11. The van der Waals surface area contributed by atoms with E-state index in [0.29, 0.717) is 18.8 Å². The average molecular weight is 320 g/mol. The molecule has 3 rings (SSSR count). The molecule has 2 aromatic rings. The van der Waals surface area contributed by atoms with Crippen molar-refractivity contribution in [3.63, 3.8) is 0 Å². The van der Waals surface area contributed by atoms with E-state index < -0.39 is 0 Å². The quantitative estimate of drug-likeness (QED) is 0.788. The molecule has 8 heteroatoms. The van der Waals surface area contributed by atoms with Gasteiger partial charge in [0.2, 0.25) is 0 Å². The number of rotatable bonds is 3. The van der Waals surface area contributed by atoms with Crippen LogP contribution in [-0.2, 0) is 24.9 Å². The summed E-state index contributed by atoms with van der Waals surface area (Å²) in [4.78, 5) is 12.3. The van der Waals surface area contributed by atoms with Gasteiger partial charge >= 0.3 is 0 Å². The molecule has 0 aromatic carbocycles. The number of carbonyl (C=O) groups is 1. The fourth-order valence-corrected chi connectivity index (χ4v) is 3.12. The largest absolute Gasteiger partial charge is 0.344 e. The topological polar surface area (TPSA) is 95.6 Å². The van der Waals surface area contributed by atoms with Gasteiger partial charge in [0, 0.05) is 36.2 Å². The first-order valence-electron chi connectivity index (χ1n) is 7.33. The molecule has 0 atom stereocenters. The van der Waals surface area contributed by atoms with E-state index in [2.05, 4.69) is 51.8 Å². The van der Waals surface area contributed by atoms with Gasteiger partial charge in [-0.1, -0.05) is 32.1 Å². The molecule has 2 aromatic heterocycles. The number of H-pyrrole nitrogens is 1. The maximum Gasteiger partial charge on any atom is 0.272 e. The Kier molecular flexibility index (Phi) is 3.96. The Hall–Kier alpha value is -1.80. The monoisotopic (exact) mass is 320 g/mol. The van der Waals surface area contributed by atoms with Crippen molar-refractivity contribution in [2.24, 2.45) is 0 Å². The van der Waals surface area contributed by atoms with Gasteiger partial charge < -0.3 is 10.6 Å². The molecule has 1 amide bonds. The van der Waals surface area contributed by atoms with Crippen LogP contribution in [0.5, 0.6) is 0 Å². The Morgan fingerprint density at radius 1 is 1.36 bits per heavy atom. The molecular formula is C14H20N6OS. The minimum atomic E-state index is -0.172. The third kappa shape index (κ3) is 3.02.